The number of nitrogens with zero attached hydrogens (tertiary/aromatic N) is 1. The molecule has 3 aromatic carbocycles. The fourth-order valence-corrected chi connectivity index (χ4v) is 7.52. The Hall–Kier alpha value is -4.21. The van der Waals surface area contributed by atoms with E-state index in [-0.39, 0.29) is 11.8 Å². The van der Waals surface area contributed by atoms with Crippen LogP contribution < -0.4 is 15.4 Å². The summed E-state index contributed by atoms with van der Waals surface area (Å²) >= 11 is 0. The predicted molar refractivity (Wildman–Crippen MR) is 166 cm³/mol. The second-order valence-electron chi connectivity index (χ2n) is 12.3. The van der Waals surface area contributed by atoms with Crippen molar-refractivity contribution in [3.8, 4) is 5.75 Å². The van der Waals surface area contributed by atoms with E-state index < -0.39 is 47.6 Å². The fourth-order valence-electron chi connectivity index (χ4n) is 7.52. The van der Waals surface area contributed by atoms with Gasteiger partial charge in [0.2, 0.25) is 17.7 Å². The number of carbonyl (C=O) groups excluding carboxylic acids is 3. The van der Waals surface area contributed by atoms with Gasteiger partial charge in [0.05, 0.1) is 36.7 Å². The maximum Gasteiger partial charge on any atom is 0.250 e. The maximum atomic E-state index is 14.6. The maximum absolute atomic E-state index is 14.6. The first-order chi connectivity index (χ1) is 21.1. The topological polar surface area (TPSA) is 117 Å². The Labute approximate surface area is 257 Å². The lowest BCUT2D eigenvalue weighted by molar-refractivity contribution is -0.147. The summed E-state index contributed by atoms with van der Waals surface area (Å²) in [5, 5.41) is 16.7. The number of likely N-dealkylation sites (tertiary alicyclic amines) is 1. The van der Waals surface area contributed by atoms with E-state index in [4.69, 9.17) is 9.47 Å². The third kappa shape index (κ3) is 4.84. The van der Waals surface area contributed by atoms with Crippen molar-refractivity contribution in [2.24, 2.45) is 11.8 Å². The third-order valence-electron chi connectivity index (χ3n) is 9.52. The Morgan fingerprint density at radius 1 is 1.02 bits per heavy atom. The van der Waals surface area contributed by atoms with Gasteiger partial charge in [-0.15, -0.1) is 0 Å². The van der Waals surface area contributed by atoms with E-state index >= 15 is 0 Å². The van der Waals surface area contributed by atoms with Gasteiger partial charge in [0.15, 0.2) is 0 Å². The van der Waals surface area contributed by atoms with Crippen LogP contribution in [0, 0.1) is 25.7 Å². The molecule has 2 unspecified atom stereocenters. The first kappa shape index (κ1) is 29.8. The minimum Gasteiger partial charge on any atom is -0.494 e. The van der Waals surface area contributed by atoms with Crippen molar-refractivity contribution in [1.29, 1.82) is 0 Å². The molecule has 0 aliphatic carbocycles. The smallest absolute Gasteiger partial charge is 0.250 e. The molecule has 9 heteroatoms. The Morgan fingerprint density at radius 3 is 2.43 bits per heavy atom. The number of aryl methyl sites for hydroxylation is 2. The standard InChI is InChI=1S/C35H39N3O6/c1-5-43-25-15-13-24(14-16-25)36-31(40)28-29-33(42)38(27(20-39)23-9-7-6-8-10-23)30(35(29)18-17-34(28,4)44-35)32(41)37-26-19-21(2)11-12-22(26)3/h6-16,19,27-30,39H,5,17-18,20H2,1-4H3,(H,36,40)(H,37,41)/t27-,28-,29+,30?,34+,35?/m1/s1. The van der Waals surface area contributed by atoms with Crippen LogP contribution in [0.15, 0.2) is 72.8 Å². The second-order valence-corrected chi connectivity index (χ2v) is 12.3. The Balaban J connectivity index is 1.39. The average molecular weight is 598 g/mol. The SMILES string of the molecule is CCOc1ccc(NC(=O)[C@H]2[C@H]3C(=O)N([C@H](CO)c4ccccc4)C(C(=O)Nc4cc(C)ccc4C)C34CC[C@]2(C)O4)cc1. The molecule has 2 bridgehead atoms. The highest BCUT2D eigenvalue weighted by molar-refractivity contribution is 6.05. The molecular formula is C35H39N3O6. The molecule has 1 spiro atoms. The van der Waals surface area contributed by atoms with Gasteiger partial charge in [0.25, 0.3) is 0 Å². The Morgan fingerprint density at radius 2 is 1.75 bits per heavy atom. The molecule has 3 amide bonds. The van der Waals surface area contributed by atoms with Gasteiger partial charge < -0.3 is 30.1 Å². The number of hydrogen-bond donors (Lipinski definition) is 3. The molecule has 3 aliphatic heterocycles. The van der Waals surface area contributed by atoms with Crippen molar-refractivity contribution in [1.82, 2.24) is 4.90 Å². The molecule has 0 aromatic heterocycles. The zero-order chi connectivity index (χ0) is 31.2. The van der Waals surface area contributed by atoms with E-state index in [2.05, 4.69) is 10.6 Å². The van der Waals surface area contributed by atoms with E-state index in [9.17, 15) is 19.5 Å². The summed E-state index contributed by atoms with van der Waals surface area (Å²) in [6.45, 7) is 7.75. The van der Waals surface area contributed by atoms with Crippen LogP contribution in [-0.4, -0.2) is 58.2 Å². The van der Waals surface area contributed by atoms with Crippen molar-refractivity contribution >= 4 is 29.1 Å². The zero-order valence-corrected chi connectivity index (χ0v) is 25.5. The molecule has 3 fully saturated rings. The Bertz CT molecular complexity index is 1580. The summed E-state index contributed by atoms with van der Waals surface area (Å²) in [4.78, 5) is 44.5. The molecule has 6 rings (SSSR count). The molecule has 230 valence electrons. The van der Waals surface area contributed by atoms with E-state index in [1.807, 2.05) is 76.2 Å². The molecule has 0 radical (unpaired) electrons. The number of nitrogens with one attached hydrogen (secondary N) is 2. The number of amides is 3. The quantitative estimate of drug-likeness (QED) is 0.327. The molecule has 3 N–H and O–H groups in total. The van der Waals surface area contributed by atoms with Gasteiger partial charge in [-0.3, -0.25) is 14.4 Å². The summed E-state index contributed by atoms with van der Waals surface area (Å²) < 4.78 is 12.3. The molecule has 6 atom stereocenters. The number of carbonyl (C=O) groups is 3. The minimum absolute atomic E-state index is 0.340. The average Bonchev–Trinajstić information content (AvgIpc) is 3.58. The van der Waals surface area contributed by atoms with Gasteiger partial charge in [-0.1, -0.05) is 42.5 Å². The van der Waals surface area contributed by atoms with E-state index in [1.54, 1.807) is 24.3 Å². The fraction of sp³-hybridized carbons (Fsp3) is 0.400. The largest absolute Gasteiger partial charge is 0.494 e. The lowest BCUT2D eigenvalue weighted by atomic mass is 9.66. The Kier molecular flexibility index (Phi) is 7.71. The molecule has 3 aliphatic rings. The van der Waals surface area contributed by atoms with E-state index in [0.29, 0.717) is 42.1 Å². The summed E-state index contributed by atoms with van der Waals surface area (Å²) in [5.74, 6) is -2.17. The first-order valence-electron chi connectivity index (χ1n) is 15.2. The number of fused-ring (bicyclic) bond motifs is 1. The highest BCUT2D eigenvalue weighted by Gasteiger charge is 2.78. The van der Waals surface area contributed by atoms with Gasteiger partial charge in [0, 0.05) is 11.4 Å². The van der Waals surface area contributed by atoms with Gasteiger partial charge in [-0.25, -0.2) is 0 Å². The van der Waals surface area contributed by atoms with Crippen molar-refractivity contribution in [2.45, 2.75) is 63.8 Å². The van der Waals surface area contributed by atoms with Crippen LogP contribution in [-0.2, 0) is 19.1 Å². The predicted octanol–water partition coefficient (Wildman–Crippen LogP) is 4.78. The molecular weight excluding hydrogens is 558 g/mol. The molecule has 3 heterocycles. The number of aliphatic hydroxyl groups excluding tert-OH is 1. The normalized spacial score (nSPS) is 27.6. The minimum atomic E-state index is -1.24. The van der Waals surface area contributed by atoms with Gasteiger partial charge >= 0.3 is 0 Å². The third-order valence-corrected chi connectivity index (χ3v) is 9.52. The summed E-state index contributed by atoms with van der Waals surface area (Å²) in [6.07, 6.45) is 0.940. The van der Waals surface area contributed by atoms with E-state index in [0.717, 1.165) is 11.1 Å². The van der Waals surface area contributed by atoms with Gasteiger partial charge in [-0.2, -0.15) is 0 Å². The second kappa shape index (κ2) is 11.4. The van der Waals surface area contributed by atoms with Crippen molar-refractivity contribution in [3.63, 3.8) is 0 Å². The van der Waals surface area contributed by atoms with Crippen LogP contribution >= 0.6 is 0 Å². The van der Waals surface area contributed by atoms with Crippen LogP contribution in [0.4, 0.5) is 11.4 Å². The number of hydrogen-bond acceptors (Lipinski definition) is 6. The summed E-state index contributed by atoms with van der Waals surface area (Å²) in [7, 11) is 0. The van der Waals surface area contributed by atoms with Crippen LogP contribution in [0.1, 0.15) is 49.4 Å². The molecule has 3 aromatic rings. The molecule has 44 heavy (non-hydrogen) atoms. The molecule has 9 nitrogen and oxygen atoms in total. The number of benzene rings is 3. The highest BCUT2D eigenvalue weighted by Crippen LogP contribution is 2.64. The van der Waals surface area contributed by atoms with Gasteiger partial charge in [0.1, 0.15) is 17.4 Å². The van der Waals surface area contributed by atoms with Gasteiger partial charge in [-0.05, 0) is 87.6 Å². The number of rotatable bonds is 9. The molecule has 3 saturated heterocycles. The highest BCUT2D eigenvalue weighted by atomic mass is 16.5. The number of aliphatic hydroxyl groups is 1. The van der Waals surface area contributed by atoms with Crippen molar-refractivity contribution in [3.05, 3.63) is 89.5 Å². The van der Waals surface area contributed by atoms with Crippen molar-refractivity contribution < 1.29 is 29.0 Å². The summed E-state index contributed by atoms with van der Waals surface area (Å²) in [6, 6.07) is 20.2. The number of ether oxygens (including phenoxy) is 2. The number of anilines is 2. The lowest BCUT2D eigenvalue weighted by Crippen LogP contribution is -2.54. The van der Waals surface area contributed by atoms with Crippen LogP contribution in [0.3, 0.4) is 0 Å². The first-order valence-corrected chi connectivity index (χ1v) is 15.2. The van der Waals surface area contributed by atoms with Crippen LogP contribution in [0.2, 0.25) is 0 Å². The monoisotopic (exact) mass is 597 g/mol. The van der Waals surface area contributed by atoms with E-state index in [1.165, 1.54) is 4.90 Å². The van der Waals surface area contributed by atoms with Crippen LogP contribution in [0.5, 0.6) is 5.75 Å². The van der Waals surface area contributed by atoms with Crippen molar-refractivity contribution in [2.75, 3.05) is 23.8 Å². The zero-order valence-electron chi connectivity index (χ0n) is 25.5. The lowest BCUT2D eigenvalue weighted by Gasteiger charge is -2.37. The van der Waals surface area contributed by atoms with Crippen LogP contribution in [0.25, 0.3) is 0 Å². The molecule has 0 saturated carbocycles. The summed E-state index contributed by atoms with van der Waals surface area (Å²) in [5.41, 5.74) is 1.59.